The van der Waals surface area contributed by atoms with E-state index in [0.29, 0.717) is 25.3 Å². The van der Waals surface area contributed by atoms with Gasteiger partial charge in [-0.25, -0.2) is 0 Å². The molecule has 0 aromatic heterocycles. The van der Waals surface area contributed by atoms with E-state index < -0.39 is 0 Å². The van der Waals surface area contributed by atoms with Crippen molar-refractivity contribution in [2.45, 2.75) is 38.3 Å². The monoisotopic (exact) mass is 274 g/mol. The summed E-state index contributed by atoms with van der Waals surface area (Å²) in [5.41, 5.74) is 2.61. The van der Waals surface area contributed by atoms with Crippen molar-refractivity contribution in [3.8, 4) is 11.5 Å². The molecule has 1 aromatic rings. The van der Waals surface area contributed by atoms with Crippen LogP contribution in [0, 0.1) is 0 Å². The lowest BCUT2D eigenvalue weighted by Gasteiger charge is -2.37. The van der Waals surface area contributed by atoms with Gasteiger partial charge in [0.25, 0.3) is 0 Å². The zero-order valence-electron chi connectivity index (χ0n) is 12.0. The lowest BCUT2D eigenvalue weighted by atomic mass is 9.92. The van der Waals surface area contributed by atoms with Crippen molar-refractivity contribution in [1.82, 2.24) is 4.90 Å². The van der Waals surface area contributed by atoms with Gasteiger partial charge in [-0.15, -0.1) is 0 Å². The lowest BCUT2D eigenvalue weighted by Crippen LogP contribution is -2.35. The molecule has 4 nitrogen and oxygen atoms in total. The Morgan fingerprint density at radius 2 is 1.80 bits per heavy atom. The van der Waals surface area contributed by atoms with E-state index in [1.807, 2.05) is 0 Å². The first-order valence-corrected chi connectivity index (χ1v) is 7.75. The van der Waals surface area contributed by atoms with Crippen molar-refractivity contribution in [1.29, 1.82) is 0 Å². The first kappa shape index (κ1) is 12.3. The third-order valence-corrected chi connectivity index (χ3v) is 4.63. The van der Waals surface area contributed by atoms with Gasteiger partial charge in [0.15, 0.2) is 11.5 Å². The minimum atomic E-state index is 0.510. The summed E-state index contributed by atoms with van der Waals surface area (Å²) in [7, 11) is 0. The molecule has 1 fully saturated rings. The van der Waals surface area contributed by atoms with Crippen molar-refractivity contribution in [2.24, 2.45) is 0 Å². The standard InChI is InChI=1S/C16H22N2O2/c1-11-8-14(18-4-2-3-5-18)12-9-15-16(10-13(12)17-11)20-7-6-19-15/h9-11,14,17H,2-8H2,1H3. The molecule has 2 atom stereocenters. The lowest BCUT2D eigenvalue weighted by molar-refractivity contribution is 0.169. The highest BCUT2D eigenvalue weighted by atomic mass is 16.6. The van der Waals surface area contributed by atoms with Gasteiger partial charge in [-0.1, -0.05) is 0 Å². The number of nitrogens with zero attached hydrogens (tertiary/aromatic N) is 1. The van der Waals surface area contributed by atoms with Crippen LogP contribution in [0.2, 0.25) is 0 Å². The topological polar surface area (TPSA) is 33.7 Å². The van der Waals surface area contributed by atoms with Crippen LogP contribution in [0.15, 0.2) is 12.1 Å². The summed E-state index contributed by atoms with van der Waals surface area (Å²) < 4.78 is 11.5. The molecule has 1 aromatic carbocycles. The predicted molar refractivity (Wildman–Crippen MR) is 78.7 cm³/mol. The number of ether oxygens (including phenoxy) is 2. The van der Waals surface area contributed by atoms with Crippen molar-refractivity contribution in [3.05, 3.63) is 17.7 Å². The average Bonchev–Trinajstić information content (AvgIpc) is 2.98. The molecule has 1 N–H and O–H groups in total. The van der Waals surface area contributed by atoms with Crippen LogP contribution in [0.4, 0.5) is 5.69 Å². The van der Waals surface area contributed by atoms with Crippen molar-refractivity contribution >= 4 is 5.69 Å². The minimum absolute atomic E-state index is 0.510. The van der Waals surface area contributed by atoms with Gasteiger partial charge in [0.05, 0.1) is 0 Å². The van der Waals surface area contributed by atoms with E-state index in [4.69, 9.17) is 9.47 Å². The Balaban J connectivity index is 1.74. The maximum Gasteiger partial charge on any atom is 0.163 e. The fourth-order valence-electron chi connectivity index (χ4n) is 3.69. The normalized spacial score (nSPS) is 28.9. The molecule has 0 radical (unpaired) electrons. The molecule has 2 unspecified atom stereocenters. The van der Waals surface area contributed by atoms with E-state index in [1.165, 1.54) is 43.6 Å². The maximum atomic E-state index is 5.76. The predicted octanol–water partition coefficient (Wildman–Crippen LogP) is 2.80. The van der Waals surface area contributed by atoms with Crippen LogP contribution in [0.5, 0.6) is 11.5 Å². The number of hydrogen-bond acceptors (Lipinski definition) is 4. The third-order valence-electron chi connectivity index (χ3n) is 4.63. The average molecular weight is 274 g/mol. The van der Waals surface area contributed by atoms with Gasteiger partial charge < -0.3 is 14.8 Å². The second-order valence-electron chi connectivity index (χ2n) is 6.12. The molecular formula is C16H22N2O2. The molecule has 1 saturated heterocycles. The number of hydrogen-bond donors (Lipinski definition) is 1. The molecule has 0 bridgehead atoms. The molecule has 3 heterocycles. The number of anilines is 1. The van der Waals surface area contributed by atoms with E-state index in [1.54, 1.807) is 0 Å². The second-order valence-corrected chi connectivity index (χ2v) is 6.12. The summed E-state index contributed by atoms with van der Waals surface area (Å²) in [5, 5.41) is 3.60. The van der Waals surface area contributed by atoms with Crippen LogP contribution in [-0.4, -0.2) is 37.2 Å². The van der Waals surface area contributed by atoms with Gasteiger partial charge in [-0.05, 0) is 50.9 Å². The molecule has 3 aliphatic heterocycles. The number of rotatable bonds is 1. The van der Waals surface area contributed by atoms with Crippen LogP contribution >= 0.6 is 0 Å². The van der Waals surface area contributed by atoms with Crippen LogP contribution in [0.1, 0.15) is 37.8 Å². The Kier molecular flexibility index (Phi) is 2.99. The van der Waals surface area contributed by atoms with Gasteiger partial charge in [0.1, 0.15) is 13.2 Å². The SMILES string of the molecule is CC1CC(N2CCCC2)c2cc3c(cc2N1)OCCO3. The van der Waals surface area contributed by atoms with Crippen LogP contribution < -0.4 is 14.8 Å². The highest BCUT2D eigenvalue weighted by Crippen LogP contribution is 2.44. The summed E-state index contributed by atoms with van der Waals surface area (Å²) in [4.78, 5) is 2.63. The Morgan fingerprint density at radius 3 is 2.55 bits per heavy atom. The van der Waals surface area contributed by atoms with Crippen LogP contribution in [-0.2, 0) is 0 Å². The van der Waals surface area contributed by atoms with E-state index in [9.17, 15) is 0 Å². The Bertz CT molecular complexity index is 511. The Hall–Kier alpha value is -1.42. The molecule has 0 saturated carbocycles. The van der Waals surface area contributed by atoms with E-state index >= 15 is 0 Å². The van der Waals surface area contributed by atoms with Crippen LogP contribution in [0.3, 0.4) is 0 Å². The summed E-state index contributed by atoms with van der Waals surface area (Å²) in [6.07, 6.45) is 3.84. The number of nitrogens with one attached hydrogen (secondary N) is 1. The summed E-state index contributed by atoms with van der Waals surface area (Å²) in [6, 6.07) is 5.36. The van der Waals surface area contributed by atoms with E-state index in [2.05, 4.69) is 29.3 Å². The number of benzene rings is 1. The largest absolute Gasteiger partial charge is 0.486 e. The molecule has 4 heteroatoms. The molecular weight excluding hydrogens is 252 g/mol. The first-order valence-electron chi connectivity index (χ1n) is 7.75. The van der Waals surface area contributed by atoms with Gasteiger partial charge >= 0.3 is 0 Å². The quantitative estimate of drug-likeness (QED) is 0.854. The third kappa shape index (κ3) is 2.03. The molecule has 0 amide bonds. The van der Waals surface area contributed by atoms with Gasteiger partial charge in [-0.3, -0.25) is 4.90 Å². The van der Waals surface area contributed by atoms with E-state index in [0.717, 1.165) is 11.5 Å². The fraction of sp³-hybridized carbons (Fsp3) is 0.625. The molecule has 108 valence electrons. The smallest absolute Gasteiger partial charge is 0.163 e. The molecule has 4 rings (SSSR count). The van der Waals surface area contributed by atoms with Crippen LogP contribution in [0.25, 0.3) is 0 Å². The highest BCUT2D eigenvalue weighted by Gasteiger charge is 2.32. The molecule has 0 spiro atoms. The Labute approximate surface area is 120 Å². The van der Waals surface area contributed by atoms with Crippen molar-refractivity contribution < 1.29 is 9.47 Å². The highest BCUT2D eigenvalue weighted by molar-refractivity contribution is 5.63. The maximum absolute atomic E-state index is 5.76. The first-order chi connectivity index (χ1) is 9.81. The van der Waals surface area contributed by atoms with Gasteiger partial charge in [0, 0.05) is 23.8 Å². The molecule has 20 heavy (non-hydrogen) atoms. The van der Waals surface area contributed by atoms with Gasteiger partial charge in [-0.2, -0.15) is 0 Å². The van der Waals surface area contributed by atoms with Crippen molar-refractivity contribution in [3.63, 3.8) is 0 Å². The molecule has 0 aliphatic carbocycles. The van der Waals surface area contributed by atoms with Gasteiger partial charge in [0.2, 0.25) is 0 Å². The number of fused-ring (bicyclic) bond motifs is 2. The summed E-state index contributed by atoms with van der Waals surface area (Å²) in [5.74, 6) is 1.80. The van der Waals surface area contributed by atoms with Crippen molar-refractivity contribution in [2.75, 3.05) is 31.6 Å². The minimum Gasteiger partial charge on any atom is -0.486 e. The number of likely N-dealkylation sites (tertiary alicyclic amines) is 1. The van der Waals surface area contributed by atoms with E-state index in [-0.39, 0.29) is 0 Å². The zero-order valence-corrected chi connectivity index (χ0v) is 12.0. The Morgan fingerprint density at radius 1 is 1.10 bits per heavy atom. The molecule has 3 aliphatic rings. The fourth-order valence-corrected chi connectivity index (χ4v) is 3.69. The zero-order chi connectivity index (χ0) is 13.5. The summed E-state index contributed by atoms with van der Waals surface area (Å²) in [6.45, 7) is 6.03. The summed E-state index contributed by atoms with van der Waals surface area (Å²) >= 11 is 0. The second kappa shape index (κ2) is 4.85.